The molecular weight excluding hydrogens is 280 g/mol. The van der Waals surface area contributed by atoms with Gasteiger partial charge >= 0.3 is 0 Å². The van der Waals surface area contributed by atoms with Gasteiger partial charge in [0, 0.05) is 18.0 Å². The number of halogens is 1. The number of methoxy groups -OCH3 is 1. The van der Waals surface area contributed by atoms with Crippen LogP contribution in [0.3, 0.4) is 0 Å². The largest absolute Gasteiger partial charge is 0.495 e. The number of carbonyl (C=O) groups is 2. The van der Waals surface area contributed by atoms with Crippen LogP contribution in [0, 0.1) is 0 Å². The summed E-state index contributed by atoms with van der Waals surface area (Å²) in [6, 6.07) is 5.22. The van der Waals surface area contributed by atoms with E-state index in [2.05, 4.69) is 5.32 Å². The van der Waals surface area contributed by atoms with Crippen LogP contribution in [0.1, 0.15) is 19.8 Å². The van der Waals surface area contributed by atoms with Crippen molar-refractivity contribution in [2.75, 3.05) is 18.6 Å². The van der Waals surface area contributed by atoms with Gasteiger partial charge in [0.1, 0.15) is 12.3 Å². The minimum atomic E-state index is -0.239. The topological polar surface area (TPSA) is 58.6 Å². The lowest BCUT2D eigenvalue weighted by Crippen LogP contribution is -2.40. The van der Waals surface area contributed by atoms with E-state index in [9.17, 15) is 9.59 Å². The van der Waals surface area contributed by atoms with Crippen molar-refractivity contribution in [3.63, 3.8) is 0 Å². The van der Waals surface area contributed by atoms with Gasteiger partial charge in [0.15, 0.2) is 0 Å². The summed E-state index contributed by atoms with van der Waals surface area (Å²) in [5, 5.41) is 3.34. The number of benzene rings is 1. The molecule has 0 radical (unpaired) electrons. The molecule has 0 unspecified atom stereocenters. The minimum Gasteiger partial charge on any atom is -0.495 e. The van der Waals surface area contributed by atoms with E-state index in [-0.39, 0.29) is 24.4 Å². The summed E-state index contributed by atoms with van der Waals surface area (Å²) in [5.41, 5.74) is 0.499. The van der Waals surface area contributed by atoms with Crippen molar-refractivity contribution in [1.82, 2.24) is 5.32 Å². The first-order valence-corrected chi connectivity index (χ1v) is 6.80. The molecule has 5 nitrogen and oxygen atoms in total. The fourth-order valence-corrected chi connectivity index (χ4v) is 2.05. The van der Waals surface area contributed by atoms with Crippen molar-refractivity contribution in [3.8, 4) is 5.75 Å². The van der Waals surface area contributed by atoms with Crippen molar-refractivity contribution >= 4 is 29.1 Å². The highest BCUT2D eigenvalue weighted by molar-refractivity contribution is 6.31. The minimum absolute atomic E-state index is 0.0392. The SMILES string of the molecule is COc1ccc(Cl)cc1N(CC(=O)NC1CC1)C(C)=O. The van der Waals surface area contributed by atoms with Crippen molar-refractivity contribution in [3.05, 3.63) is 23.2 Å². The van der Waals surface area contributed by atoms with Crippen molar-refractivity contribution in [2.24, 2.45) is 0 Å². The molecule has 6 heteroatoms. The third kappa shape index (κ3) is 3.63. The Morgan fingerprint density at radius 3 is 2.70 bits per heavy atom. The molecule has 0 heterocycles. The lowest BCUT2D eigenvalue weighted by Gasteiger charge is -2.23. The lowest BCUT2D eigenvalue weighted by atomic mass is 10.2. The van der Waals surface area contributed by atoms with Gasteiger partial charge in [-0.15, -0.1) is 0 Å². The second kappa shape index (κ2) is 6.13. The number of carbonyl (C=O) groups excluding carboxylic acids is 2. The van der Waals surface area contributed by atoms with E-state index in [4.69, 9.17) is 16.3 Å². The third-order valence-corrected chi connectivity index (χ3v) is 3.29. The predicted molar refractivity (Wildman–Crippen MR) is 77.2 cm³/mol. The average molecular weight is 297 g/mol. The molecule has 20 heavy (non-hydrogen) atoms. The van der Waals surface area contributed by atoms with Gasteiger partial charge in [-0.05, 0) is 31.0 Å². The summed E-state index contributed by atoms with van der Waals surface area (Å²) in [6.07, 6.45) is 2.01. The van der Waals surface area contributed by atoms with Gasteiger partial charge in [-0.3, -0.25) is 14.5 Å². The van der Waals surface area contributed by atoms with Crippen LogP contribution in [-0.4, -0.2) is 31.5 Å². The number of hydrogen-bond donors (Lipinski definition) is 1. The van der Waals surface area contributed by atoms with Crippen LogP contribution >= 0.6 is 11.6 Å². The van der Waals surface area contributed by atoms with E-state index in [0.717, 1.165) is 12.8 Å². The number of rotatable bonds is 5. The Labute approximate surface area is 122 Å². The molecule has 1 aromatic carbocycles. The highest BCUT2D eigenvalue weighted by atomic mass is 35.5. The number of ether oxygens (including phenoxy) is 1. The van der Waals surface area contributed by atoms with E-state index >= 15 is 0 Å². The number of amides is 2. The molecule has 0 aromatic heterocycles. The summed E-state index contributed by atoms with van der Waals surface area (Å²) in [5.74, 6) is 0.0880. The molecule has 1 fully saturated rings. The Kier molecular flexibility index (Phi) is 4.49. The number of nitrogens with zero attached hydrogens (tertiary/aromatic N) is 1. The summed E-state index contributed by atoms with van der Waals surface area (Å²) in [4.78, 5) is 25.1. The molecule has 1 N–H and O–H groups in total. The van der Waals surface area contributed by atoms with E-state index < -0.39 is 0 Å². The molecular formula is C14H17ClN2O3. The summed E-state index contributed by atoms with van der Waals surface area (Å²) in [6.45, 7) is 1.37. The highest BCUT2D eigenvalue weighted by Crippen LogP contribution is 2.31. The Morgan fingerprint density at radius 1 is 1.45 bits per heavy atom. The van der Waals surface area contributed by atoms with E-state index in [1.807, 2.05) is 0 Å². The van der Waals surface area contributed by atoms with Gasteiger partial charge in [0.05, 0.1) is 12.8 Å². The second-order valence-electron chi connectivity index (χ2n) is 4.76. The van der Waals surface area contributed by atoms with Crippen LogP contribution in [-0.2, 0) is 9.59 Å². The van der Waals surface area contributed by atoms with E-state index in [1.54, 1.807) is 18.2 Å². The van der Waals surface area contributed by atoms with Crippen molar-refractivity contribution < 1.29 is 14.3 Å². The van der Waals surface area contributed by atoms with Gasteiger partial charge in [-0.25, -0.2) is 0 Å². The maximum Gasteiger partial charge on any atom is 0.240 e. The first-order valence-electron chi connectivity index (χ1n) is 6.42. The van der Waals surface area contributed by atoms with Crippen LogP contribution in [0.25, 0.3) is 0 Å². The zero-order valence-electron chi connectivity index (χ0n) is 11.5. The monoisotopic (exact) mass is 296 g/mol. The lowest BCUT2D eigenvalue weighted by molar-refractivity contribution is -0.123. The fourth-order valence-electron chi connectivity index (χ4n) is 1.88. The van der Waals surface area contributed by atoms with Crippen molar-refractivity contribution in [1.29, 1.82) is 0 Å². The summed E-state index contributed by atoms with van der Waals surface area (Å²) >= 11 is 5.96. The molecule has 108 valence electrons. The molecule has 1 saturated carbocycles. The molecule has 1 aromatic rings. The smallest absolute Gasteiger partial charge is 0.240 e. The van der Waals surface area contributed by atoms with Gasteiger partial charge in [0.25, 0.3) is 0 Å². The Balaban J connectivity index is 2.20. The normalized spacial score (nSPS) is 13.8. The van der Waals surface area contributed by atoms with Gasteiger partial charge in [0.2, 0.25) is 11.8 Å². The van der Waals surface area contributed by atoms with Crippen molar-refractivity contribution in [2.45, 2.75) is 25.8 Å². The zero-order valence-corrected chi connectivity index (χ0v) is 12.2. The second-order valence-corrected chi connectivity index (χ2v) is 5.20. The number of nitrogens with one attached hydrogen (secondary N) is 1. The predicted octanol–water partition coefficient (Wildman–Crippen LogP) is 1.98. The summed E-state index contributed by atoms with van der Waals surface area (Å²) in [7, 11) is 1.51. The summed E-state index contributed by atoms with van der Waals surface area (Å²) < 4.78 is 5.22. The first kappa shape index (κ1) is 14.7. The molecule has 2 rings (SSSR count). The first-order chi connectivity index (χ1) is 9.51. The van der Waals surface area contributed by atoms with Crippen LogP contribution in [0.15, 0.2) is 18.2 Å². The van der Waals surface area contributed by atoms with Crippen LogP contribution in [0.2, 0.25) is 5.02 Å². The quantitative estimate of drug-likeness (QED) is 0.904. The van der Waals surface area contributed by atoms with Gasteiger partial charge < -0.3 is 10.1 Å². The Bertz CT molecular complexity index is 529. The van der Waals surface area contributed by atoms with Gasteiger partial charge in [-0.1, -0.05) is 11.6 Å². The molecule has 1 aliphatic carbocycles. The molecule has 0 aliphatic heterocycles. The molecule has 1 aliphatic rings. The number of hydrogen-bond acceptors (Lipinski definition) is 3. The standard InChI is InChI=1S/C14H17ClN2O3/c1-9(18)17(8-14(19)16-11-4-5-11)12-7-10(15)3-6-13(12)20-2/h3,6-7,11H,4-5,8H2,1-2H3,(H,16,19). The molecule has 0 atom stereocenters. The highest BCUT2D eigenvalue weighted by Gasteiger charge is 2.26. The maximum atomic E-state index is 11.9. The maximum absolute atomic E-state index is 11.9. The Hall–Kier alpha value is -1.75. The average Bonchev–Trinajstić information content (AvgIpc) is 3.19. The van der Waals surface area contributed by atoms with E-state index in [0.29, 0.717) is 16.5 Å². The molecule has 0 bridgehead atoms. The van der Waals surface area contributed by atoms with Crippen LogP contribution in [0.4, 0.5) is 5.69 Å². The van der Waals surface area contributed by atoms with Crippen LogP contribution < -0.4 is 15.0 Å². The van der Waals surface area contributed by atoms with Gasteiger partial charge in [-0.2, -0.15) is 0 Å². The molecule has 0 saturated heterocycles. The third-order valence-electron chi connectivity index (χ3n) is 3.06. The van der Waals surface area contributed by atoms with Crippen LogP contribution in [0.5, 0.6) is 5.75 Å². The molecule has 2 amide bonds. The van der Waals surface area contributed by atoms with E-state index in [1.165, 1.54) is 18.9 Å². The Morgan fingerprint density at radius 2 is 2.15 bits per heavy atom. The fraction of sp³-hybridized carbons (Fsp3) is 0.429. The number of anilines is 1. The molecule has 0 spiro atoms. The zero-order chi connectivity index (χ0) is 14.7.